The van der Waals surface area contributed by atoms with Crippen LogP contribution < -0.4 is 14.9 Å². The summed E-state index contributed by atoms with van der Waals surface area (Å²) in [5.41, 5.74) is -1.73. The van der Waals surface area contributed by atoms with Crippen molar-refractivity contribution in [2.24, 2.45) is 4.99 Å². The maximum atomic E-state index is 14.3. The highest BCUT2D eigenvalue weighted by atomic mass is 35.5. The predicted molar refractivity (Wildman–Crippen MR) is 155 cm³/mol. The lowest BCUT2D eigenvalue weighted by atomic mass is 9.95. The zero-order valence-electron chi connectivity index (χ0n) is 21.3. The van der Waals surface area contributed by atoms with Crippen LogP contribution >= 0.6 is 46.0 Å². The zero-order chi connectivity index (χ0) is 29.6. The number of nitrogens with zero attached hydrogens (tertiary/aromatic N) is 3. The summed E-state index contributed by atoms with van der Waals surface area (Å²) in [6.07, 6.45) is -3.55. The topological polar surface area (TPSA) is 86.7 Å². The summed E-state index contributed by atoms with van der Waals surface area (Å²) >= 11 is 9.59. The first-order chi connectivity index (χ1) is 20.1. The molecule has 0 saturated carbocycles. The SMILES string of the molecule is CCOC(=O)C1=C(C(F)(F)F)N=c2s/c(=C/c3ccc(Sc4nc5ccccc5s4)o3)c(=O)n2[C@@H]1c1ccc(Cl)cc1. The van der Waals surface area contributed by atoms with Gasteiger partial charge in [-0.3, -0.25) is 9.36 Å². The van der Waals surface area contributed by atoms with Crippen LogP contribution in [0.4, 0.5) is 13.2 Å². The molecule has 0 radical (unpaired) electrons. The monoisotopic (exact) mass is 647 g/mol. The van der Waals surface area contributed by atoms with Crippen LogP contribution in [-0.4, -0.2) is 28.3 Å². The standard InChI is InChI=1S/C28H17ClF3N3O4S3/c1-2-38-25(37)21-22(14-7-9-15(29)10-8-14)35-24(36)19(40-26(35)34-23(21)28(30,31)32)13-16-11-12-20(39-16)42-27-33-17-5-3-4-6-18(17)41-27/h3-13,22H,2H2,1H3/b19-13+/t22-/m1/s1. The van der Waals surface area contributed by atoms with Crippen LogP contribution in [0, 0.1) is 0 Å². The van der Waals surface area contributed by atoms with Crippen LogP contribution in [-0.2, 0) is 9.53 Å². The molecule has 4 heterocycles. The Bertz CT molecular complexity index is 2010. The molecule has 0 spiro atoms. The van der Waals surface area contributed by atoms with Crippen LogP contribution in [0.1, 0.15) is 24.3 Å². The highest BCUT2D eigenvalue weighted by Crippen LogP contribution is 2.39. The lowest BCUT2D eigenvalue weighted by molar-refractivity contribution is -0.140. The second-order valence-electron chi connectivity index (χ2n) is 8.82. The minimum absolute atomic E-state index is 0.0743. The molecule has 1 aliphatic heterocycles. The van der Waals surface area contributed by atoms with Gasteiger partial charge in [0.1, 0.15) is 5.76 Å². The molecular weight excluding hydrogens is 631 g/mol. The lowest BCUT2D eigenvalue weighted by Crippen LogP contribution is -2.41. The van der Waals surface area contributed by atoms with Gasteiger partial charge in [-0.1, -0.05) is 47.2 Å². The summed E-state index contributed by atoms with van der Waals surface area (Å²) in [6.45, 7) is 1.31. The van der Waals surface area contributed by atoms with E-state index in [-0.39, 0.29) is 21.5 Å². The molecule has 0 fully saturated rings. The second-order valence-corrected chi connectivity index (χ2v) is 12.5. The molecule has 2 aromatic carbocycles. The van der Waals surface area contributed by atoms with Gasteiger partial charge in [0.2, 0.25) is 0 Å². The molecule has 6 rings (SSSR count). The smallest absolute Gasteiger partial charge is 0.434 e. The molecule has 5 aromatic rings. The average Bonchev–Trinajstić information content (AvgIpc) is 3.65. The Kier molecular flexibility index (Phi) is 7.60. The van der Waals surface area contributed by atoms with E-state index < -0.39 is 35.0 Å². The number of aromatic nitrogens is 2. The number of fused-ring (bicyclic) bond motifs is 2. The molecular formula is C28H17ClF3N3O4S3. The number of rotatable bonds is 6. The third-order valence-electron chi connectivity index (χ3n) is 6.12. The van der Waals surface area contributed by atoms with E-state index in [9.17, 15) is 22.8 Å². The minimum Gasteiger partial charge on any atom is -0.463 e. The Balaban J connectivity index is 1.45. The van der Waals surface area contributed by atoms with E-state index in [0.717, 1.165) is 30.5 Å². The predicted octanol–water partition coefficient (Wildman–Crippen LogP) is 6.35. The van der Waals surface area contributed by atoms with Gasteiger partial charge in [0.05, 0.1) is 33.0 Å². The van der Waals surface area contributed by atoms with Crippen LogP contribution in [0.3, 0.4) is 0 Å². The summed E-state index contributed by atoms with van der Waals surface area (Å²) in [5.74, 6) is -0.905. The third-order valence-corrected chi connectivity index (χ3v) is 9.37. The van der Waals surface area contributed by atoms with E-state index in [1.807, 2.05) is 24.3 Å². The fourth-order valence-corrected chi connectivity index (χ4v) is 7.45. The van der Waals surface area contributed by atoms with Crippen molar-refractivity contribution < 1.29 is 27.1 Å². The van der Waals surface area contributed by atoms with Gasteiger partial charge >= 0.3 is 12.1 Å². The van der Waals surface area contributed by atoms with Gasteiger partial charge in [-0.05, 0) is 60.6 Å². The van der Waals surface area contributed by atoms with Crippen molar-refractivity contribution in [1.82, 2.24) is 9.55 Å². The summed E-state index contributed by atoms with van der Waals surface area (Å²) in [5, 5.41) is 0.859. The fraction of sp³-hybridized carbons (Fsp3) is 0.143. The van der Waals surface area contributed by atoms with E-state index in [1.54, 1.807) is 12.1 Å². The van der Waals surface area contributed by atoms with Crippen LogP contribution in [0.2, 0.25) is 5.02 Å². The Morgan fingerprint density at radius 2 is 1.90 bits per heavy atom. The molecule has 0 aliphatic carbocycles. The quantitative estimate of drug-likeness (QED) is 0.200. The molecule has 1 atom stereocenters. The van der Waals surface area contributed by atoms with Crippen molar-refractivity contribution in [1.29, 1.82) is 0 Å². The van der Waals surface area contributed by atoms with Crippen LogP contribution in [0.25, 0.3) is 16.3 Å². The molecule has 0 bridgehead atoms. The fourth-order valence-electron chi connectivity index (χ4n) is 4.38. The number of alkyl halides is 3. The number of thiazole rings is 2. The number of benzene rings is 2. The first kappa shape index (κ1) is 28.5. The summed E-state index contributed by atoms with van der Waals surface area (Å²) in [7, 11) is 0. The molecule has 0 N–H and O–H groups in total. The van der Waals surface area contributed by atoms with Gasteiger partial charge in [-0.25, -0.2) is 14.8 Å². The molecule has 3 aromatic heterocycles. The first-order valence-corrected chi connectivity index (χ1v) is 15.1. The minimum atomic E-state index is -4.99. The molecule has 14 heteroatoms. The maximum absolute atomic E-state index is 14.3. The van der Waals surface area contributed by atoms with E-state index in [1.165, 1.54) is 60.4 Å². The molecule has 42 heavy (non-hydrogen) atoms. The number of carbonyl (C=O) groups excluding carboxylic acids is 1. The normalized spacial score (nSPS) is 15.6. The van der Waals surface area contributed by atoms with Gasteiger partial charge in [-0.15, -0.1) is 11.3 Å². The number of hydrogen-bond donors (Lipinski definition) is 0. The number of halogens is 4. The van der Waals surface area contributed by atoms with Crippen molar-refractivity contribution in [2.75, 3.05) is 6.61 Å². The highest BCUT2D eigenvalue weighted by molar-refractivity contribution is 8.01. The van der Waals surface area contributed by atoms with Crippen molar-refractivity contribution in [3.8, 4) is 0 Å². The third kappa shape index (κ3) is 5.44. The Morgan fingerprint density at radius 3 is 2.62 bits per heavy atom. The summed E-state index contributed by atoms with van der Waals surface area (Å²) < 4.78 is 56.6. The molecule has 214 valence electrons. The number of esters is 1. The number of hydrogen-bond acceptors (Lipinski definition) is 9. The van der Waals surface area contributed by atoms with Gasteiger partial charge in [0, 0.05) is 11.1 Å². The van der Waals surface area contributed by atoms with Crippen molar-refractivity contribution in [3.05, 3.63) is 108 Å². The number of para-hydroxylation sites is 1. The van der Waals surface area contributed by atoms with Gasteiger partial charge < -0.3 is 9.15 Å². The summed E-state index contributed by atoms with van der Waals surface area (Å²) in [6, 6.07) is 15.5. The zero-order valence-corrected chi connectivity index (χ0v) is 24.6. The molecule has 0 saturated heterocycles. The number of ether oxygens (including phenoxy) is 1. The van der Waals surface area contributed by atoms with Gasteiger partial charge in [0.15, 0.2) is 19.9 Å². The molecule has 1 aliphatic rings. The number of allylic oxidation sites excluding steroid dienone is 1. The highest BCUT2D eigenvalue weighted by Gasteiger charge is 2.45. The molecule has 7 nitrogen and oxygen atoms in total. The molecule has 0 unspecified atom stereocenters. The van der Waals surface area contributed by atoms with Crippen molar-refractivity contribution in [3.63, 3.8) is 0 Å². The lowest BCUT2D eigenvalue weighted by Gasteiger charge is -2.26. The first-order valence-electron chi connectivity index (χ1n) is 12.3. The largest absolute Gasteiger partial charge is 0.463 e. The number of carbonyl (C=O) groups is 1. The van der Waals surface area contributed by atoms with E-state index in [0.29, 0.717) is 15.9 Å². The van der Waals surface area contributed by atoms with Crippen molar-refractivity contribution >= 4 is 68.3 Å². The molecule has 0 amide bonds. The van der Waals surface area contributed by atoms with Gasteiger partial charge in [-0.2, -0.15) is 13.2 Å². The Morgan fingerprint density at radius 1 is 1.14 bits per heavy atom. The van der Waals surface area contributed by atoms with E-state index in [4.69, 9.17) is 20.8 Å². The maximum Gasteiger partial charge on any atom is 0.434 e. The average molecular weight is 648 g/mol. The Labute approximate surface area is 252 Å². The number of furan rings is 1. The van der Waals surface area contributed by atoms with Crippen LogP contribution in [0.5, 0.6) is 0 Å². The van der Waals surface area contributed by atoms with Crippen molar-refractivity contribution in [2.45, 2.75) is 28.6 Å². The van der Waals surface area contributed by atoms with Gasteiger partial charge in [0.25, 0.3) is 5.56 Å². The van der Waals surface area contributed by atoms with E-state index in [2.05, 4.69) is 9.98 Å². The van der Waals surface area contributed by atoms with E-state index >= 15 is 0 Å². The summed E-state index contributed by atoms with van der Waals surface area (Å²) in [4.78, 5) is 34.7. The second kappa shape index (κ2) is 11.2. The Hall–Kier alpha value is -3.65. The van der Waals surface area contributed by atoms with Crippen LogP contribution in [0.15, 0.2) is 95.6 Å².